The fourth-order valence-electron chi connectivity index (χ4n) is 4.75. The summed E-state index contributed by atoms with van der Waals surface area (Å²) in [5.74, 6) is 2.60. The van der Waals surface area contributed by atoms with E-state index in [1.165, 1.54) is 25.7 Å². The summed E-state index contributed by atoms with van der Waals surface area (Å²) >= 11 is 0. The summed E-state index contributed by atoms with van der Waals surface area (Å²) in [5, 5.41) is 0. The minimum Gasteiger partial charge on any atom is -0.494 e. The molecular weight excluding hydrogens is 378 g/mol. The SMILES string of the molecule is CCOc1ccc(/C=C2\Oc3c(cc4c(c3C)OCN(C3CCCC3)C4)C2=O)cc1. The molecule has 0 atom stereocenters. The molecule has 0 spiro atoms. The number of rotatable bonds is 4. The zero-order chi connectivity index (χ0) is 20.7. The van der Waals surface area contributed by atoms with E-state index in [0.717, 1.165) is 34.7 Å². The van der Waals surface area contributed by atoms with E-state index in [-0.39, 0.29) is 5.78 Å². The highest BCUT2D eigenvalue weighted by molar-refractivity contribution is 6.15. The van der Waals surface area contributed by atoms with Crippen LogP contribution < -0.4 is 14.2 Å². The normalized spacial score (nSPS) is 20.1. The van der Waals surface area contributed by atoms with E-state index in [0.29, 0.717) is 36.5 Å². The predicted octanol–water partition coefficient (Wildman–Crippen LogP) is 5.10. The molecule has 2 aromatic carbocycles. The molecule has 1 saturated carbocycles. The molecule has 2 aromatic rings. The molecule has 1 fully saturated rings. The summed E-state index contributed by atoms with van der Waals surface area (Å²) in [4.78, 5) is 15.5. The number of hydrogen-bond donors (Lipinski definition) is 0. The second kappa shape index (κ2) is 7.80. The molecule has 0 aromatic heterocycles. The lowest BCUT2D eigenvalue weighted by atomic mass is 9.99. The second-order valence-electron chi connectivity index (χ2n) is 8.27. The molecule has 0 radical (unpaired) electrons. The summed E-state index contributed by atoms with van der Waals surface area (Å²) in [5.41, 5.74) is 3.54. The summed E-state index contributed by atoms with van der Waals surface area (Å²) in [7, 11) is 0. The van der Waals surface area contributed by atoms with Crippen LogP contribution >= 0.6 is 0 Å². The topological polar surface area (TPSA) is 48.0 Å². The first-order chi connectivity index (χ1) is 14.6. The van der Waals surface area contributed by atoms with Crippen molar-refractivity contribution in [1.82, 2.24) is 4.90 Å². The van der Waals surface area contributed by atoms with Crippen LogP contribution in [-0.2, 0) is 6.54 Å². The minimum atomic E-state index is -0.0669. The molecule has 5 rings (SSSR count). The average Bonchev–Trinajstić information content (AvgIpc) is 3.40. The fourth-order valence-corrected chi connectivity index (χ4v) is 4.75. The summed E-state index contributed by atoms with van der Waals surface area (Å²) < 4.78 is 17.6. The van der Waals surface area contributed by atoms with Crippen molar-refractivity contribution in [3.8, 4) is 17.2 Å². The van der Waals surface area contributed by atoms with Crippen LogP contribution in [0, 0.1) is 6.92 Å². The number of carbonyl (C=O) groups excluding carboxylic acids is 1. The standard InChI is InChI=1S/C25H27NO4/c1-3-28-20-10-8-17(9-11-20)12-22-23(27)21-13-18-14-26(19-6-4-5-7-19)15-29-24(18)16(2)25(21)30-22/h8-13,19H,3-7,14-15H2,1-2H3/b22-12-. The van der Waals surface area contributed by atoms with E-state index in [4.69, 9.17) is 14.2 Å². The Bertz CT molecular complexity index is 1000. The highest BCUT2D eigenvalue weighted by Gasteiger charge is 2.35. The van der Waals surface area contributed by atoms with Crippen LogP contribution in [0.2, 0.25) is 0 Å². The minimum absolute atomic E-state index is 0.0669. The molecule has 0 N–H and O–H groups in total. The van der Waals surface area contributed by atoms with Gasteiger partial charge in [-0.3, -0.25) is 9.69 Å². The number of fused-ring (bicyclic) bond motifs is 2. The Morgan fingerprint density at radius 1 is 1.17 bits per heavy atom. The van der Waals surface area contributed by atoms with E-state index in [1.807, 2.05) is 44.2 Å². The van der Waals surface area contributed by atoms with Crippen LogP contribution in [0.15, 0.2) is 36.1 Å². The highest BCUT2D eigenvalue weighted by atomic mass is 16.5. The van der Waals surface area contributed by atoms with E-state index in [2.05, 4.69) is 4.90 Å². The van der Waals surface area contributed by atoms with Crippen molar-refractivity contribution in [2.24, 2.45) is 0 Å². The Morgan fingerprint density at radius 3 is 2.67 bits per heavy atom. The molecule has 5 nitrogen and oxygen atoms in total. The molecule has 0 amide bonds. The number of carbonyl (C=O) groups is 1. The van der Waals surface area contributed by atoms with Crippen LogP contribution in [0.4, 0.5) is 0 Å². The molecule has 1 aliphatic carbocycles. The number of nitrogens with zero attached hydrogens (tertiary/aromatic N) is 1. The van der Waals surface area contributed by atoms with Crippen molar-refractivity contribution < 1.29 is 19.0 Å². The van der Waals surface area contributed by atoms with Gasteiger partial charge >= 0.3 is 0 Å². The van der Waals surface area contributed by atoms with Gasteiger partial charge in [0.2, 0.25) is 5.78 Å². The van der Waals surface area contributed by atoms with Crippen molar-refractivity contribution in [1.29, 1.82) is 0 Å². The maximum atomic E-state index is 13.1. The molecule has 2 aliphatic heterocycles. The van der Waals surface area contributed by atoms with Crippen LogP contribution in [0.3, 0.4) is 0 Å². The summed E-state index contributed by atoms with van der Waals surface area (Å²) in [6.45, 7) is 6.01. The van der Waals surface area contributed by atoms with Crippen LogP contribution in [0.5, 0.6) is 17.2 Å². The molecular formula is C25H27NO4. The van der Waals surface area contributed by atoms with Gasteiger partial charge in [-0.2, -0.15) is 0 Å². The monoisotopic (exact) mass is 405 g/mol. The number of hydrogen-bond acceptors (Lipinski definition) is 5. The van der Waals surface area contributed by atoms with Crippen molar-refractivity contribution >= 4 is 11.9 Å². The molecule has 0 saturated heterocycles. The Hall–Kier alpha value is -2.79. The van der Waals surface area contributed by atoms with Gasteiger partial charge < -0.3 is 14.2 Å². The third-order valence-corrected chi connectivity index (χ3v) is 6.29. The smallest absolute Gasteiger partial charge is 0.231 e. The first-order valence-corrected chi connectivity index (χ1v) is 10.8. The maximum absolute atomic E-state index is 13.1. The van der Waals surface area contributed by atoms with Gasteiger partial charge in [-0.25, -0.2) is 0 Å². The third-order valence-electron chi connectivity index (χ3n) is 6.29. The Labute approximate surface area is 177 Å². The van der Waals surface area contributed by atoms with E-state index < -0.39 is 0 Å². The lowest BCUT2D eigenvalue weighted by Gasteiger charge is -2.34. The molecule has 30 heavy (non-hydrogen) atoms. The molecule has 5 heteroatoms. The maximum Gasteiger partial charge on any atom is 0.231 e. The number of Topliss-reactive ketones (excluding diaryl/α,β-unsaturated/α-hetero) is 1. The lowest BCUT2D eigenvalue weighted by molar-refractivity contribution is 0.0570. The molecule has 2 heterocycles. The zero-order valence-electron chi connectivity index (χ0n) is 17.6. The van der Waals surface area contributed by atoms with Gasteiger partial charge in [0.15, 0.2) is 5.76 Å². The van der Waals surface area contributed by atoms with Gasteiger partial charge in [-0.1, -0.05) is 25.0 Å². The van der Waals surface area contributed by atoms with Gasteiger partial charge in [0.05, 0.1) is 12.2 Å². The van der Waals surface area contributed by atoms with Crippen molar-refractivity contribution in [2.75, 3.05) is 13.3 Å². The third kappa shape index (κ3) is 3.37. The van der Waals surface area contributed by atoms with E-state index in [1.54, 1.807) is 6.08 Å². The molecule has 0 unspecified atom stereocenters. The lowest BCUT2D eigenvalue weighted by Crippen LogP contribution is -2.39. The van der Waals surface area contributed by atoms with Crippen molar-refractivity contribution in [3.63, 3.8) is 0 Å². The van der Waals surface area contributed by atoms with Crippen molar-refractivity contribution in [2.45, 2.75) is 52.1 Å². The first kappa shape index (κ1) is 19.2. The Balaban J connectivity index is 1.41. The molecule has 3 aliphatic rings. The first-order valence-electron chi connectivity index (χ1n) is 10.8. The van der Waals surface area contributed by atoms with Gasteiger partial charge in [-0.15, -0.1) is 0 Å². The number of allylic oxidation sites excluding steroid dienone is 1. The van der Waals surface area contributed by atoms with Gasteiger partial charge in [-0.05, 0) is 56.5 Å². The predicted molar refractivity (Wildman–Crippen MR) is 115 cm³/mol. The number of ketones is 1. The quantitative estimate of drug-likeness (QED) is 0.662. The van der Waals surface area contributed by atoms with Crippen LogP contribution in [0.25, 0.3) is 6.08 Å². The van der Waals surface area contributed by atoms with Gasteiger partial charge in [0.25, 0.3) is 0 Å². The number of ether oxygens (including phenoxy) is 3. The largest absolute Gasteiger partial charge is 0.494 e. The average molecular weight is 405 g/mol. The molecule has 0 bridgehead atoms. The second-order valence-corrected chi connectivity index (χ2v) is 8.27. The summed E-state index contributed by atoms with van der Waals surface area (Å²) in [6, 6.07) is 10.2. The molecule has 156 valence electrons. The Kier molecular flexibility index (Phi) is 4.99. The zero-order valence-corrected chi connectivity index (χ0v) is 17.6. The number of benzene rings is 2. The van der Waals surface area contributed by atoms with E-state index in [9.17, 15) is 4.79 Å². The van der Waals surface area contributed by atoms with Crippen LogP contribution in [-0.4, -0.2) is 30.1 Å². The fraction of sp³-hybridized carbons (Fsp3) is 0.400. The van der Waals surface area contributed by atoms with Gasteiger partial charge in [0, 0.05) is 23.7 Å². The van der Waals surface area contributed by atoms with Crippen molar-refractivity contribution in [3.05, 3.63) is 58.3 Å². The summed E-state index contributed by atoms with van der Waals surface area (Å²) in [6.07, 6.45) is 6.86. The van der Waals surface area contributed by atoms with E-state index >= 15 is 0 Å². The highest BCUT2D eigenvalue weighted by Crippen LogP contribution is 2.44. The Morgan fingerprint density at radius 2 is 1.93 bits per heavy atom. The van der Waals surface area contributed by atoms with Crippen LogP contribution in [0.1, 0.15) is 59.7 Å². The van der Waals surface area contributed by atoms with Gasteiger partial charge in [0.1, 0.15) is 24.0 Å².